The normalized spacial score (nSPS) is 11.9. The van der Waals surface area contributed by atoms with Crippen LogP contribution in [0.25, 0.3) is 6.08 Å². The summed E-state index contributed by atoms with van der Waals surface area (Å²) in [6, 6.07) is 11.4. The molecule has 2 aromatic carbocycles. The van der Waals surface area contributed by atoms with E-state index < -0.39 is 24.4 Å². The third kappa shape index (κ3) is 4.88. The molecule has 0 fully saturated rings. The first-order chi connectivity index (χ1) is 13.5. The van der Waals surface area contributed by atoms with Crippen molar-refractivity contribution in [3.8, 4) is 17.2 Å². The minimum Gasteiger partial charge on any atom is -0.497 e. The molecule has 1 heterocycles. The summed E-state index contributed by atoms with van der Waals surface area (Å²) < 4.78 is 20.3. The fourth-order valence-electron chi connectivity index (χ4n) is 2.34. The molecule has 8 heteroatoms. The largest absolute Gasteiger partial charge is 0.497 e. The minimum atomic E-state index is -0.731. The standard InChI is InChI=1S/C20H17NO7/c1-25-15-6-4-14(5-7-15)20(24)21-18(22)11-26-19(23)9-3-13-2-8-16-17(10-13)28-12-27-16/h2-10H,11-12H2,1H3,(H,21,22,24)/b9-3+. The van der Waals surface area contributed by atoms with Crippen molar-refractivity contribution in [2.45, 2.75) is 0 Å². The first kappa shape index (κ1) is 19.0. The van der Waals surface area contributed by atoms with Crippen LogP contribution in [0.3, 0.4) is 0 Å². The molecule has 2 aromatic rings. The van der Waals surface area contributed by atoms with Crippen LogP contribution in [0.4, 0.5) is 0 Å². The number of methoxy groups -OCH3 is 1. The van der Waals surface area contributed by atoms with Gasteiger partial charge in [0, 0.05) is 11.6 Å². The number of carbonyl (C=O) groups excluding carboxylic acids is 3. The lowest BCUT2D eigenvalue weighted by atomic mass is 10.2. The number of hydrogen-bond donors (Lipinski definition) is 1. The van der Waals surface area contributed by atoms with Crippen LogP contribution in [0.5, 0.6) is 17.2 Å². The Kier molecular flexibility index (Phi) is 5.91. The van der Waals surface area contributed by atoms with Gasteiger partial charge >= 0.3 is 5.97 Å². The van der Waals surface area contributed by atoms with Gasteiger partial charge in [-0.3, -0.25) is 14.9 Å². The van der Waals surface area contributed by atoms with Gasteiger partial charge in [0.05, 0.1) is 7.11 Å². The Labute approximate surface area is 160 Å². The van der Waals surface area contributed by atoms with Crippen LogP contribution in [0.1, 0.15) is 15.9 Å². The fraction of sp³-hybridized carbons (Fsp3) is 0.150. The van der Waals surface area contributed by atoms with Crippen LogP contribution in [0.2, 0.25) is 0 Å². The molecule has 0 unspecified atom stereocenters. The number of esters is 1. The van der Waals surface area contributed by atoms with Crippen LogP contribution < -0.4 is 19.5 Å². The Bertz CT molecular complexity index is 919. The summed E-state index contributed by atoms with van der Waals surface area (Å²) in [7, 11) is 1.51. The van der Waals surface area contributed by atoms with Crippen LogP contribution in [0, 0.1) is 0 Å². The third-order valence-corrected chi connectivity index (χ3v) is 3.76. The van der Waals surface area contributed by atoms with Crippen molar-refractivity contribution in [3.63, 3.8) is 0 Å². The van der Waals surface area contributed by atoms with Crippen LogP contribution in [-0.4, -0.2) is 38.3 Å². The number of fused-ring (bicyclic) bond motifs is 1. The molecule has 1 aliphatic rings. The number of imide groups is 1. The molecule has 8 nitrogen and oxygen atoms in total. The predicted molar refractivity (Wildman–Crippen MR) is 98.0 cm³/mol. The predicted octanol–water partition coefficient (Wildman–Crippen LogP) is 1.94. The number of ether oxygens (including phenoxy) is 4. The third-order valence-electron chi connectivity index (χ3n) is 3.76. The monoisotopic (exact) mass is 383 g/mol. The molecule has 2 amide bonds. The lowest BCUT2D eigenvalue weighted by Crippen LogP contribution is -2.34. The van der Waals surface area contributed by atoms with E-state index in [1.807, 2.05) is 0 Å². The van der Waals surface area contributed by atoms with Gasteiger partial charge in [0.2, 0.25) is 6.79 Å². The van der Waals surface area contributed by atoms with E-state index in [1.54, 1.807) is 30.3 Å². The number of amides is 2. The average Bonchev–Trinajstić information content (AvgIpc) is 3.18. The molecule has 0 aromatic heterocycles. The summed E-state index contributed by atoms with van der Waals surface area (Å²) >= 11 is 0. The molecule has 0 radical (unpaired) electrons. The first-order valence-electron chi connectivity index (χ1n) is 8.28. The molecule has 0 aliphatic carbocycles. The van der Waals surface area contributed by atoms with Crippen molar-refractivity contribution in [1.29, 1.82) is 0 Å². The van der Waals surface area contributed by atoms with Crippen molar-refractivity contribution >= 4 is 23.9 Å². The highest BCUT2D eigenvalue weighted by Gasteiger charge is 2.13. The maximum Gasteiger partial charge on any atom is 0.331 e. The lowest BCUT2D eigenvalue weighted by molar-refractivity contribution is -0.143. The summed E-state index contributed by atoms with van der Waals surface area (Å²) in [4.78, 5) is 35.5. The van der Waals surface area contributed by atoms with E-state index in [2.05, 4.69) is 5.32 Å². The van der Waals surface area contributed by atoms with E-state index >= 15 is 0 Å². The summed E-state index contributed by atoms with van der Waals surface area (Å²) in [5.74, 6) is -0.231. The van der Waals surface area contributed by atoms with Crippen molar-refractivity contribution < 1.29 is 33.3 Å². The zero-order chi connectivity index (χ0) is 19.9. The Morgan fingerprint density at radius 2 is 1.82 bits per heavy atom. The van der Waals surface area contributed by atoms with E-state index in [0.717, 1.165) is 0 Å². The summed E-state index contributed by atoms with van der Waals surface area (Å²) in [5.41, 5.74) is 0.989. The van der Waals surface area contributed by atoms with Gasteiger partial charge in [0.25, 0.3) is 11.8 Å². The molecule has 0 saturated heterocycles. The molecule has 0 saturated carbocycles. The molecule has 0 bridgehead atoms. The van der Waals surface area contributed by atoms with Gasteiger partial charge in [-0.25, -0.2) is 4.79 Å². The van der Waals surface area contributed by atoms with Gasteiger partial charge in [-0.2, -0.15) is 0 Å². The van der Waals surface area contributed by atoms with Crippen molar-refractivity contribution in [1.82, 2.24) is 5.32 Å². The number of rotatable bonds is 6. The summed E-state index contributed by atoms with van der Waals surface area (Å²) in [6.07, 6.45) is 2.70. The van der Waals surface area contributed by atoms with E-state index in [-0.39, 0.29) is 12.4 Å². The van der Waals surface area contributed by atoms with Crippen molar-refractivity contribution in [2.24, 2.45) is 0 Å². The zero-order valence-electron chi connectivity index (χ0n) is 15.0. The van der Waals surface area contributed by atoms with Gasteiger partial charge < -0.3 is 18.9 Å². The number of benzene rings is 2. The van der Waals surface area contributed by atoms with Crippen LogP contribution >= 0.6 is 0 Å². The Hall–Kier alpha value is -3.81. The second-order valence-electron chi connectivity index (χ2n) is 5.66. The van der Waals surface area contributed by atoms with E-state index in [9.17, 15) is 14.4 Å². The first-order valence-corrected chi connectivity index (χ1v) is 8.28. The second kappa shape index (κ2) is 8.72. The van der Waals surface area contributed by atoms with Gasteiger partial charge in [-0.05, 0) is 48.0 Å². The van der Waals surface area contributed by atoms with Gasteiger partial charge in [-0.15, -0.1) is 0 Å². The maximum atomic E-state index is 12.0. The molecular formula is C20H17NO7. The van der Waals surface area contributed by atoms with E-state index in [4.69, 9.17) is 18.9 Å². The van der Waals surface area contributed by atoms with Gasteiger partial charge in [0.1, 0.15) is 5.75 Å². The second-order valence-corrected chi connectivity index (χ2v) is 5.66. The molecule has 144 valence electrons. The molecule has 0 spiro atoms. The topological polar surface area (TPSA) is 100 Å². The van der Waals surface area contributed by atoms with Crippen LogP contribution in [-0.2, 0) is 14.3 Å². The highest BCUT2D eigenvalue weighted by molar-refractivity contribution is 6.05. The molecule has 1 N–H and O–H groups in total. The Morgan fingerprint density at radius 3 is 2.57 bits per heavy atom. The summed E-state index contributed by atoms with van der Waals surface area (Å²) in [6.45, 7) is -0.416. The van der Waals surface area contributed by atoms with Crippen molar-refractivity contribution in [2.75, 3.05) is 20.5 Å². The van der Waals surface area contributed by atoms with Gasteiger partial charge in [0.15, 0.2) is 18.1 Å². The van der Waals surface area contributed by atoms with Crippen LogP contribution in [0.15, 0.2) is 48.5 Å². The number of nitrogens with one attached hydrogen (secondary N) is 1. The fourth-order valence-corrected chi connectivity index (χ4v) is 2.34. The SMILES string of the molecule is COc1ccc(C(=O)NC(=O)COC(=O)/C=C/c2ccc3c(c2)OCO3)cc1. The van der Waals surface area contributed by atoms with Gasteiger partial charge in [-0.1, -0.05) is 6.07 Å². The average molecular weight is 383 g/mol. The summed E-state index contributed by atoms with van der Waals surface area (Å²) in [5, 5.41) is 2.14. The Morgan fingerprint density at radius 1 is 1.07 bits per heavy atom. The lowest BCUT2D eigenvalue weighted by Gasteiger charge is -2.05. The van der Waals surface area contributed by atoms with E-state index in [0.29, 0.717) is 22.8 Å². The maximum absolute atomic E-state index is 12.0. The minimum absolute atomic E-state index is 0.162. The smallest absolute Gasteiger partial charge is 0.331 e. The molecule has 1 aliphatic heterocycles. The molecule has 0 atom stereocenters. The molecular weight excluding hydrogens is 366 g/mol. The highest BCUT2D eigenvalue weighted by atomic mass is 16.7. The number of hydrogen-bond acceptors (Lipinski definition) is 7. The Balaban J connectivity index is 1.45. The quantitative estimate of drug-likeness (QED) is 0.601. The number of carbonyl (C=O) groups is 3. The highest BCUT2D eigenvalue weighted by Crippen LogP contribution is 2.32. The zero-order valence-corrected chi connectivity index (χ0v) is 15.0. The molecule has 3 rings (SSSR count). The van der Waals surface area contributed by atoms with E-state index in [1.165, 1.54) is 31.4 Å². The van der Waals surface area contributed by atoms with Crippen molar-refractivity contribution in [3.05, 3.63) is 59.7 Å². The molecule has 28 heavy (non-hydrogen) atoms.